The summed E-state index contributed by atoms with van der Waals surface area (Å²) in [6.45, 7) is 3.16. The van der Waals surface area contributed by atoms with Gasteiger partial charge in [0.2, 0.25) is 11.8 Å². The van der Waals surface area contributed by atoms with E-state index in [4.69, 9.17) is 0 Å². The minimum absolute atomic E-state index is 0.0179. The fourth-order valence-electron chi connectivity index (χ4n) is 5.03. The summed E-state index contributed by atoms with van der Waals surface area (Å²) in [6, 6.07) is 4.31. The van der Waals surface area contributed by atoms with Gasteiger partial charge in [-0.3, -0.25) is 9.59 Å². The van der Waals surface area contributed by atoms with E-state index in [0.29, 0.717) is 0 Å². The van der Waals surface area contributed by atoms with Crippen LogP contribution in [0.25, 0.3) is 0 Å². The monoisotopic (exact) mass is 414 g/mol. The van der Waals surface area contributed by atoms with Gasteiger partial charge < -0.3 is 9.80 Å². The molecule has 2 aliphatic heterocycles. The van der Waals surface area contributed by atoms with Gasteiger partial charge in [0.05, 0.1) is 0 Å². The molecule has 1 aliphatic carbocycles. The van der Waals surface area contributed by atoms with E-state index in [-0.39, 0.29) is 23.7 Å². The zero-order valence-electron chi connectivity index (χ0n) is 16.1. The first-order valence-electron chi connectivity index (χ1n) is 10.4. The second-order valence-electron chi connectivity index (χ2n) is 8.32. The minimum atomic E-state index is 0.0179. The second kappa shape index (κ2) is 7.64. The molecular formula is C22H26N2O2S2. The highest BCUT2D eigenvalue weighted by Gasteiger charge is 2.36. The first-order chi connectivity index (χ1) is 13.7. The summed E-state index contributed by atoms with van der Waals surface area (Å²) in [6.07, 6.45) is 5.54. The SMILES string of the molecule is O=C(C1CCCC(C(=O)N2CCc3sccc3C2)C1)N1CCc2sccc2C1. The van der Waals surface area contributed by atoms with E-state index in [9.17, 15) is 9.59 Å². The molecule has 0 N–H and O–H groups in total. The molecule has 28 heavy (non-hydrogen) atoms. The van der Waals surface area contributed by atoms with Gasteiger partial charge in [-0.2, -0.15) is 0 Å². The Hall–Kier alpha value is -1.66. The highest BCUT2D eigenvalue weighted by atomic mass is 32.1. The van der Waals surface area contributed by atoms with E-state index < -0.39 is 0 Å². The lowest BCUT2D eigenvalue weighted by Crippen LogP contribution is -2.44. The maximum absolute atomic E-state index is 13.2. The Morgan fingerprint density at radius 1 is 0.821 bits per heavy atom. The molecule has 2 amide bonds. The largest absolute Gasteiger partial charge is 0.338 e. The van der Waals surface area contributed by atoms with Gasteiger partial charge in [0.1, 0.15) is 0 Å². The number of thiophene rings is 2. The molecule has 0 radical (unpaired) electrons. The Kier molecular flexibility index (Phi) is 5.01. The molecule has 0 bridgehead atoms. The van der Waals surface area contributed by atoms with E-state index >= 15 is 0 Å². The smallest absolute Gasteiger partial charge is 0.226 e. The summed E-state index contributed by atoms with van der Waals surface area (Å²) in [5.41, 5.74) is 2.63. The van der Waals surface area contributed by atoms with Crippen molar-refractivity contribution in [2.24, 2.45) is 11.8 Å². The van der Waals surface area contributed by atoms with Crippen LogP contribution in [0.2, 0.25) is 0 Å². The predicted molar refractivity (Wildman–Crippen MR) is 112 cm³/mol. The average Bonchev–Trinajstić information content (AvgIpc) is 3.40. The highest BCUT2D eigenvalue weighted by Crippen LogP contribution is 2.35. The maximum Gasteiger partial charge on any atom is 0.226 e. The summed E-state index contributed by atoms with van der Waals surface area (Å²) in [4.78, 5) is 33.3. The zero-order chi connectivity index (χ0) is 19.1. The molecule has 4 nitrogen and oxygen atoms in total. The highest BCUT2D eigenvalue weighted by molar-refractivity contribution is 7.10. The molecule has 2 aromatic rings. The summed E-state index contributed by atoms with van der Waals surface area (Å²) < 4.78 is 0. The van der Waals surface area contributed by atoms with Crippen molar-refractivity contribution in [3.8, 4) is 0 Å². The van der Waals surface area contributed by atoms with Crippen LogP contribution < -0.4 is 0 Å². The molecular weight excluding hydrogens is 388 g/mol. The molecule has 1 saturated carbocycles. The van der Waals surface area contributed by atoms with Crippen LogP contribution in [0.5, 0.6) is 0 Å². The van der Waals surface area contributed by atoms with Gasteiger partial charge in [-0.25, -0.2) is 0 Å². The van der Waals surface area contributed by atoms with Crippen molar-refractivity contribution >= 4 is 34.5 Å². The van der Waals surface area contributed by atoms with E-state index in [1.54, 1.807) is 22.7 Å². The molecule has 3 aliphatic rings. The topological polar surface area (TPSA) is 40.6 Å². The first-order valence-corrected chi connectivity index (χ1v) is 12.1. The standard InChI is InChI=1S/C22H26N2O2S2/c25-21(23-8-4-19-17(13-23)6-10-27-19)15-2-1-3-16(12-15)22(26)24-9-5-20-18(14-24)7-11-28-20/h6-7,10-11,15-16H,1-5,8-9,12-14H2. The van der Waals surface area contributed by atoms with Crippen molar-refractivity contribution in [2.75, 3.05) is 13.1 Å². The molecule has 5 rings (SSSR count). The van der Waals surface area contributed by atoms with Crippen LogP contribution in [0, 0.1) is 11.8 Å². The lowest BCUT2D eigenvalue weighted by Gasteiger charge is -2.36. The van der Waals surface area contributed by atoms with Gasteiger partial charge in [0, 0.05) is 47.8 Å². The van der Waals surface area contributed by atoms with Crippen molar-refractivity contribution < 1.29 is 9.59 Å². The van der Waals surface area contributed by atoms with Crippen molar-refractivity contribution in [3.05, 3.63) is 43.8 Å². The normalized spacial score (nSPS) is 24.6. The van der Waals surface area contributed by atoms with Crippen molar-refractivity contribution in [3.63, 3.8) is 0 Å². The summed E-state index contributed by atoms with van der Waals surface area (Å²) >= 11 is 3.61. The number of amides is 2. The Morgan fingerprint density at radius 2 is 1.32 bits per heavy atom. The maximum atomic E-state index is 13.2. The lowest BCUT2D eigenvalue weighted by atomic mass is 9.79. The van der Waals surface area contributed by atoms with Crippen molar-refractivity contribution in [2.45, 2.75) is 51.6 Å². The molecule has 1 fully saturated rings. The molecule has 0 spiro atoms. The molecule has 148 valence electrons. The lowest BCUT2D eigenvalue weighted by molar-refractivity contribution is -0.142. The third-order valence-corrected chi connectivity index (χ3v) is 8.66. The number of rotatable bonds is 2. The Morgan fingerprint density at radius 3 is 1.82 bits per heavy atom. The number of carbonyl (C=O) groups is 2. The van der Waals surface area contributed by atoms with Crippen LogP contribution in [0.15, 0.2) is 22.9 Å². The number of carbonyl (C=O) groups excluding carboxylic acids is 2. The number of fused-ring (bicyclic) bond motifs is 2. The van der Waals surface area contributed by atoms with Gasteiger partial charge in [-0.15, -0.1) is 22.7 Å². The van der Waals surface area contributed by atoms with Gasteiger partial charge >= 0.3 is 0 Å². The van der Waals surface area contributed by atoms with Crippen LogP contribution in [0.3, 0.4) is 0 Å². The number of hydrogen-bond acceptors (Lipinski definition) is 4. The van der Waals surface area contributed by atoms with Gasteiger partial charge in [-0.1, -0.05) is 6.42 Å². The summed E-state index contributed by atoms with van der Waals surface area (Å²) in [5.74, 6) is 0.579. The fraction of sp³-hybridized carbons (Fsp3) is 0.545. The van der Waals surface area contributed by atoms with Crippen LogP contribution in [0.1, 0.15) is 46.6 Å². The summed E-state index contributed by atoms with van der Waals surface area (Å²) in [7, 11) is 0. The van der Waals surface area contributed by atoms with Crippen molar-refractivity contribution in [1.82, 2.24) is 9.80 Å². The fourth-order valence-corrected chi connectivity index (χ4v) is 6.81. The molecule has 4 heterocycles. The Balaban J connectivity index is 1.23. The molecule has 2 unspecified atom stereocenters. The minimum Gasteiger partial charge on any atom is -0.338 e. The molecule has 2 atom stereocenters. The third-order valence-electron chi connectivity index (χ3n) is 6.61. The third kappa shape index (κ3) is 3.41. The second-order valence-corrected chi connectivity index (χ2v) is 10.3. The Labute approximate surface area is 174 Å². The predicted octanol–water partition coefficient (Wildman–Crippen LogP) is 4.09. The molecule has 0 saturated heterocycles. The quantitative estimate of drug-likeness (QED) is 0.743. The van der Waals surface area contributed by atoms with Crippen LogP contribution in [-0.4, -0.2) is 34.7 Å². The van der Waals surface area contributed by atoms with E-state index in [0.717, 1.165) is 64.7 Å². The first kappa shape index (κ1) is 18.4. The average molecular weight is 415 g/mol. The number of hydrogen-bond donors (Lipinski definition) is 0. The summed E-state index contributed by atoms with van der Waals surface area (Å²) in [5, 5.41) is 4.26. The molecule has 0 aromatic carbocycles. The van der Waals surface area contributed by atoms with E-state index in [1.807, 2.05) is 9.80 Å². The van der Waals surface area contributed by atoms with Gasteiger partial charge in [-0.05, 0) is 66.1 Å². The zero-order valence-corrected chi connectivity index (χ0v) is 17.7. The van der Waals surface area contributed by atoms with Crippen LogP contribution >= 0.6 is 22.7 Å². The van der Waals surface area contributed by atoms with E-state index in [2.05, 4.69) is 22.9 Å². The van der Waals surface area contributed by atoms with Gasteiger partial charge in [0.15, 0.2) is 0 Å². The molecule has 6 heteroatoms. The Bertz CT molecular complexity index is 816. The van der Waals surface area contributed by atoms with Crippen LogP contribution in [0.4, 0.5) is 0 Å². The van der Waals surface area contributed by atoms with E-state index in [1.165, 1.54) is 20.9 Å². The van der Waals surface area contributed by atoms with Gasteiger partial charge in [0.25, 0.3) is 0 Å². The van der Waals surface area contributed by atoms with Crippen molar-refractivity contribution in [1.29, 1.82) is 0 Å². The molecule has 2 aromatic heterocycles. The number of nitrogens with zero attached hydrogens (tertiary/aromatic N) is 2. The van der Waals surface area contributed by atoms with Crippen LogP contribution in [-0.2, 0) is 35.5 Å².